The number of benzene rings is 2. The van der Waals surface area contributed by atoms with E-state index in [9.17, 15) is 77.3 Å². The first-order valence-corrected chi connectivity index (χ1v) is 46.3. The number of unbranched alkanes of at least 4 members (excludes halogenated alkanes) is 12. The van der Waals surface area contributed by atoms with Crippen molar-refractivity contribution in [3.05, 3.63) is 90.1 Å². The summed E-state index contributed by atoms with van der Waals surface area (Å²) in [4.78, 5) is 246. The quantitative estimate of drug-likeness (QED) is 0.0128. The highest BCUT2D eigenvalue weighted by Crippen LogP contribution is 2.24. The number of H-pyrrole nitrogens is 2. The lowest BCUT2D eigenvalue weighted by atomic mass is 10.0. The zero-order valence-corrected chi connectivity index (χ0v) is 76.6. The van der Waals surface area contributed by atoms with Gasteiger partial charge in [-0.15, -0.1) is 0 Å². The van der Waals surface area contributed by atoms with Gasteiger partial charge in [0, 0.05) is 107 Å². The molecule has 44 heteroatoms. The van der Waals surface area contributed by atoms with Crippen molar-refractivity contribution < 1.29 is 106 Å². The number of carbonyl (C=O) groups is 17. The van der Waals surface area contributed by atoms with Crippen LogP contribution in [0, 0.1) is 5.41 Å². The number of Topliss-reactive ketones (excluding diaryl/α,β-unsaturated/α-hetero) is 1. The summed E-state index contributed by atoms with van der Waals surface area (Å²) >= 11 is 0. The number of aromatic nitrogens is 3. The van der Waals surface area contributed by atoms with Gasteiger partial charge in [-0.1, -0.05) is 133 Å². The number of carboxylic acids is 1. The second kappa shape index (κ2) is 61.3. The molecule has 6 rings (SSSR count). The van der Waals surface area contributed by atoms with Crippen LogP contribution in [0.1, 0.15) is 204 Å². The van der Waals surface area contributed by atoms with Crippen LogP contribution in [0.5, 0.6) is 0 Å². The summed E-state index contributed by atoms with van der Waals surface area (Å²) in [5.74, 6) is -14.7. The van der Waals surface area contributed by atoms with Gasteiger partial charge >= 0.3 is 5.97 Å². The third-order valence-corrected chi connectivity index (χ3v) is 22.7. The Morgan fingerprint density at radius 1 is 0.597 bits per heavy atom. The van der Waals surface area contributed by atoms with Crippen LogP contribution in [-0.4, -0.2) is 286 Å². The van der Waals surface area contributed by atoms with E-state index >= 15 is 14.4 Å². The van der Waals surface area contributed by atoms with Crippen molar-refractivity contribution in [3.63, 3.8) is 0 Å². The summed E-state index contributed by atoms with van der Waals surface area (Å²) in [6.07, 6.45) is 14.1. The lowest BCUT2D eigenvalue weighted by Crippen LogP contribution is -2.62. The van der Waals surface area contributed by atoms with Crippen LogP contribution in [0.3, 0.4) is 0 Å². The fourth-order valence-corrected chi connectivity index (χ4v) is 15.3. The van der Waals surface area contributed by atoms with Gasteiger partial charge in [0.25, 0.3) is 0 Å². The van der Waals surface area contributed by atoms with Crippen LogP contribution in [0.2, 0.25) is 0 Å². The van der Waals surface area contributed by atoms with Crippen LogP contribution < -0.4 is 91.6 Å². The number of rotatable bonds is 55. The van der Waals surface area contributed by atoms with E-state index in [4.69, 9.17) is 37.2 Å². The zero-order chi connectivity index (χ0) is 97.7. The Balaban J connectivity index is 1.10. The molecule has 4 aromatic rings. The van der Waals surface area contributed by atoms with Gasteiger partial charge in [0.1, 0.15) is 67.0 Å². The summed E-state index contributed by atoms with van der Waals surface area (Å²) < 4.78 is 10.8. The second-order valence-corrected chi connectivity index (χ2v) is 33.6. The minimum Gasteiger partial charge on any atom is -0.481 e. The molecule has 2 aliphatic heterocycles. The predicted octanol–water partition coefficient (Wildman–Crippen LogP) is -2.12. The number of carboxylic acid groups (broad SMARTS) is 1. The van der Waals surface area contributed by atoms with Crippen molar-refractivity contribution in [1.82, 2.24) is 94.3 Å². The summed E-state index contributed by atoms with van der Waals surface area (Å²) in [7, 11) is 0. The van der Waals surface area contributed by atoms with Gasteiger partial charge in [-0.2, -0.15) is 0 Å². The molecule has 44 nitrogen and oxygen atoms in total. The summed E-state index contributed by atoms with van der Waals surface area (Å²) in [5, 5.41) is 75.3. The molecule has 0 bridgehead atoms. The molecule has 0 unspecified atom stereocenters. The van der Waals surface area contributed by atoms with E-state index in [0.717, 1.165) is 86.4 Å². The molecule has 15 amide bonds. The van der Waals surface area contributed by atoms with Crippen molar-refractivity contribution in [2.75, 3.05) is 72.3 Å². The van der Waals surface area contributed by atoms with E-state index in [0.29, 0.717) is 24.0 Å². The molecule has 740 valence electrons. The Morgan fingerprint density at radius 3 is 1.86 bits per heavy atom. The number of amides is 15. The van der Waals surface area contributed by atoms with E-state index in [2.05, 4.69) is 89.4 Å². The average molecular weight is 1880 g/mol. The molecule has 26 N–H and O–H groups in total. The standard InChI is InChI=1S/C90H138N22O22/c1-3-4-28-64(105-86(129)71(48-91)111-85(128)70(46-59-50-95-55-101-59)109-82(125)66(34-36-74(92)116)106-87(130)72(53-113)102-77(119)51-100-78(120)54-134-43-42-133-41-40-97-75(117)32-18-13-11-9-7-5-6-8-10-12-14-19-33-79(121)122)80(123)107-67-35-37-76(118)96-38-23-22-29-62(56(2)114)103-84(127)69(45-58-49-99-63-30-21-20-27-61(58)63)108-81(124)65(31-24-39-98-90(93)94)104-83(126)68(44-57-25-16-15-17-26-57)110-88(131)73-47-60(115)52-112(73)89(67)132/h15-17,20-21,25-27,30,49-50,55,60,62,64-73,99,113,115H,3-14,18-19,22-24,28-29,31-48,51-54,91H2,1-2H3,(H2,92,116)(H,95,101)(H,96,118)(H,97,117)(H,100,120)(H,102,119)(H,103,127)(H,104,126)(H,105,129)(H,106,130)(H,107,123)(H,108,124)(H,109,125)(H,110,131)(H,111,128)(H,121,122)(H4,93,94,98)/t60-,62+,64+,65+,66+,67+,68-,69+,70+,71+,72+,73+/m1/s1. The Kier molecular flexibility index (Phi) is 50.4. The molecule has 2 aliphatic rings. The predicted molar refractivity (Wildman–Crippen MR) is 490 cm³/mol. The molecule has 134 heavy (non-hydrogen) atoms. The number of hydrogen-bond acceptors (Lipinski definition) is 24. The van der Waals surface area contributed by atoms with Gasteiger partial charge in [0.05, 0.1) is 57.1 Å². The molecule has 0 aliphatic carbocycles. The van der Waals surface area contributed by atoms with Gasteiger partial charge < -0.3 is 131 Å². The molecule has 0 saturated carbocycles. The number of nitrogens with zero attached hydrogens (tertiary/aromatic N) is 2. The van der Waals surface area contributed by atoms with Gasteiger partial charge in [-0.3, -0.25) is 86.9 Å². The Bertz CT molecular complexity index is 4460. The highest BCUT2D eigenvalue weighted by molar-refractivity contribution is 6.01. The molecular weight excluding hydrogens is 1740 g/mol. The maximum Gasteiger partial charge on any atom is 0.303 e. The van der Waals surface area contributed by atoms with E-state index in [1.165, 1.54) is 25.9 Å². The number of hydrogen-bond donors (Lipinski definition) is 23. The highest BCUT2D eigenvalue weighted by atomic mass is 16.5. The second-order valence-electron chi connectivity index (χ2n) is 33.6. The third-order valence-electron chi connectivity index (χ3n) is 22.7. The minimum absolute atomic E-state index is 0.0198. The number of nitrogens with one attached hydrogen (secondary N) is 17. The maximum absolute atomic E-state index is 15.3. The smallest absolute Gasteiger partial charge is 0.303 e. The number of primary amides is 1. The van der Waals surface area contributed by atoms with E-state index in [1.54, 1.807) is 49.5 Å². The highest BCUT2D eigenvalue weighted by Gasteiger charge is 2.44. The summed E-state index contributed by atoms with van der Waals surface area (Å²) in [6, 6.07) is -1.33. The fourth-order valence-electron chi connectivity index (χ4n) is 15.3. The normalized spacial score (nSPS) is 18.8. The molecule has 12 atom stereocenters. The van der Waals surface area contributed by atoms with Crippen molar-refractivity contribution in [2.45, 2.75) is 279 Å². The minimum atomic E-state index is -1.76. The van der Waals surface area contributed by atoms with Gasteiger partial charge in [0.15, 0.2) is 11.7 Å². The van der Waals surface area contributed by atoms with Crippen LogP contribution in [0.15, 0.2) is 73.3 Å². The van der Waals surface area contributed by atoms with Crippen molar-refractivity contribution in [2.24, 2.45) is 17.2 Å². The zero-order valence-electron chi connectivity index (χ0n) is 76.6. The Hall–Kier alpha value is -12.6. The number of para-hydroxylation sites is 1. The maximum atomic E-state index is 15.3. The van der Waals surface area contributed by atoms with Crippen molar-refractivity contribution in [3.8, 4) is 0 Å². The first-order valence-electron chi connectivity index (χ1n) is 46.3. The van der Waals surface area contributed by atoms with Crippen molar-refractivity contribution in [1.29, 1.82) is 5.41 Å². The molecule has 0 radical (unpaired) electrons. The number of aliphatic hydroxyl groups is 2. The number of aliphatic hydroxyl groups excluding tert-OH is 2. The van der Waals surface area contributed by atoms with E-state index in [1.807, 2.05) is 18.2 Å². The largest absolute Gasteiger partial charge is 0.481 e. The number of nitrogens with two attached hydrogens (primary N) is 3. The van der Waals surface area contributed by atoms with Crippen molar-refractivity contribution >= 4 is 117 Å². The average Bonchev–Trinajstić information content (AvgIpc) is 1.65. The number of carbonyl (C=O) groups excluding carboxylic acids is 16. The number of aromatic amines is 2. The SMILES string of the molecule is CCCC[C@H](NC(=O)[C@H](CN)NC(=O)[C@H](Cc1c[nH]cn1)NC(=O)[C@H](CCC(N)=O)NC(=O)[C@H](CO)NC(=O)CNC(=O)COCCOCCNC(=O)CCCCCCCCCCCCCCC(=O)O)C(=O)N[C@H]1CCC(=O)NCCCC[C@@H](C(C)=O)NC(=O)[C@H](Cc2c[nH]c3ccccc23)NC(=O)[C@H](CCCNC(=N)N)NC(=O)[C@@H](Cc2ccccc2)NC(=O)[C@@H]2C[C@@H](O)CN2C1=O. The number of fused-ring (bicyclic) bond motifs is 2. The number of ketones is 1. The van der Waals surface area contributed by atoms with Crippen LogP contribution >= 0.6 is 0 Å². The van der Waals surface area contributed by atoms with E-state index in [-0.39, 0.29) is 121 Å². The Morgan fingerprint density at radius 2 is 1.20 bits per heavy atom. The van der Waals surface area contributed by atoms with Gasteiger partial charge in [-0.25, -0.2) is 4.98 Å². The summed E-state index contributed by atoms with van der Waals surface area (Å²) in [6.45, 7) is 0.261. The molecule has 2 fully saturated rings. The van der Waals surface area contributed by atoms with Crippen LogP contribution in [0.25, 0.3) is 10.9 Å². The molecule has 4 heterocycles. The monoisotopic (exact) mass is 1880 g/mol. The number of imidazole rings is 1. The van der Waals surface area contributed by atoms with Crippen LogP contribution in [-0.2, 0) is 110 Å². The first-order chi connectivity index (χ1) is 64.4. The van der Waals surface area contributed by atoms with Gasteiger partial charge in [0.2, 0.25) is 88.6 Å². The molecule has 2 aromatic carbocycles. The fraction of sp³-hybridized carbons (Fsp3) is 0.611. The third kappa shape index (κ3) is 41.7. The first kappa shape index (κ1) is 110. The number of ether oxygens (including phenoxy) is 2. The Labute approximate surface area is 778 Å². The van der Waals surface area contributed by atoms with E-state index < -0.39 is 238 Å². The topological polar surface area (TPSA) is 687 Å². The summed E-state index contributed by atoms with van der Waals surface area (Å²) in [5.41, 5.74) is 19.3. The van der Waals surface area contributed by atoms with Gasteiger partial charge in [-0.05, 0) is 88.3 Å². The molecule has 0 spiro atoms. The number of guanidine groups is 1. The van der Waals surface area contributed by atoms with Crippen LogP contribution in [0.4, 0.5) is 0 Å². The lowest BCUT2D eigenvalue weighted by molar-refractivity contribution is -0.143. The molecular formula is C90H138N22O22. The molecule has 2 aromatic heterocycles. The number of aliphatic carboxylic acids is 1. The molecule has 2 saturated heterocycles. The lowest BCUT2D eigenvalue weighted by Gasteiger charge is -2.31.